The van der Waals surface area contributed by atoms with Crippen LogP contribution in [0.5, 0.6) is 0 Å². The van der Waals surface area contributed by atoms with Crippen molar-refractivity contribution in [2.75, 3.05) is 11.4 Å². The van der Waals surface area contributed by atoms with Crippen LogP contribution in [0.25, 0.3) is 0 Å². The van der Waals surface area contributed by atoms with Crippen LogP contribution in [-0.2, 0) is 4.79 Å². The highest BCUT2D eigenvalue weighted by atomic mass is 16.4. The van der Waals surface area contributed by atoms with Gasteiger partial charge in [0, 0.05) is 6.54 Å². The van der Waals surface area contributed by atoms with E-state index in [1.54, 1.807) is 6.20 Å². The molecule has 1 N–H and O–H groups in total. The second-order valence-electron chi connectivity index (χ2n) is 4.44. The van der Waals surface area contributed by atoms with E-state index < -0.39 is 12.0 Å². The summed E-state index contributed by atoms with van der Waals surface area (Å²) in [5.74, 6) is -0.0927. The molecular weight excluding hydrogens is 218 g/mol. The van der Waals surface area contributed by atoms with Crippen LogP contribution in [0.2, 0.25) is 0 Å². The monoisotopic (exact) mass is 235 g/mol. The topological polar surface area (TPSA) is 66.3 Å². The van der Waals surface area contributed by atoms with Gasteiger partial charge in [-0.05, 0) is 33.1 Å². The fourth-order valence-corrected chi connectivity index (χ4v) is 2.13. The molecule has 1 aliphatic heterocycles. The van der Waals surface area contributed by atoms with Gasteiger partial charge in [0.05, 0.1) is 17.6 Å². The molecule has 2 rings (SSSR count). The van der Waals surface area contributed by atoms with Gasteiger partial charge in [-0.15, -0.1) is 0 Å². The highest BCUT2D eigenvalue weighted by Crippen LogP contribution is 2.23. The average molecular weight is 235 g/mol. The van der Waals surface area contributed by atoms with Crippen LogP contribution in [0.4, 0.5) is 5.82 Å². The molecule has 0 aliphatic carbocycles. The summed E-state index contributed by atoms with van der Waals surface area (Å²) in [5.41, 5.74) is 1.75. The SMILES string of the molecule is Cc1ncc(N2CCCCC2C(=O)O)nc1C. The van der Waals surface area contributed by atoms with Crippen LogP contribution in [0.15, 0.2) is 6.20 Å². The Morgan fingerprint density at radius 2 is 2.18 bits per heavy atom. The Kier molecular flexibility index (Phi) is 3.26. The van der Waals surface area contributed by atoms with E-state index in [4.69, 9.17) is 0 Å². The summed E-state index contributed by atoms with van der Waals surface area (Å²) in [5, 5.41) is 9.20. The third-order valence-electron chi connectivity index (χ3n) is 3.26. The smallest absolute Gasteiger partial charge is 0.326 e. The van der Waals surface area contributed by atoms with Crippen molar-refractivity contribution in [1.29, 1.82) is 0 Å². The zero-order valence-corrected chi connectivity index (χ0v) is 10.2. The minimum absolute atomic E-state index is 0.458. The molecule has 0 radical (unpaired) electrons. The minimum atomic E-state index is -0.773. The lowest BCUT2D eigenvalue weighted by Gasteiger charge is -2.33. The average Bonchev–Trinajstić information content (AvgIpc) is 2.32. The second-order valence-corrected chi connectivity index (χ2v) is 4.44. The van der Waals surface area contributed by atoms with E-state index in [1.165, 1.54) is 0 Å². The van der Waals surface area contributed by atoms with Gasteiger partial charge in [0.25, 0.3) is 0 Å². The van der Waals surface area contributed by atoms with Crippen molar-refractivity contribution >= 4 is 11.8 Å². The predicted octanol–water partition coefficient (Wildman–Crippen LogP) is 1.54. The van der Waals surface area contributed by atoms with E-state index in [0.717, 1.165) is 30.8 Å². The first kappa shape index (κ1) is 11.8. The van der Waals surface area contributed by atoms with Crippen molar-refractivity contribution in [3.8, 4) is 0 Å². The maximum Gasteiger partial charge on any atom is 0.326 e. The quantitative estimate of drug-likeness (QED) is 0.842. The van der Waals surface area contributed by atoms with Crippen LogP contribution < -0.4 is 4.90 Å². The van der Waals surface area contributed by atoms with Gasteiger partial charge in [0.1, 0.15) is 11.9 Å². The lowest BCUT2D eigenvalue weighted by Crippen LogP contribution is -2.45. The number of carbonyl (C=O) groups is 1. The summed E-state index contributed by atoms with van der Waals surface area (Å²) < 4.78 is 0. The Bertz CT molecular complexity index is 434. The van der Waals surface area contributed by atoms with Crippen LogP contribution in [0.3, 0.4) is 0 Å². The maximum atomic E-state index is 11.2. The molecule has 17 heavy (non-hydrogen) atoms. The molecule has 2 heterocycles. The summed E-state index contributed by atoms with van der Waals surface area (Å²) in [6.45, 7) is 4.54. The van der Waals surface area contributed by atoms with Crippen molar-refractivity contribution < 1.29 is 9.90 Å². The summed E-state index contributed by atoms with van der Waals surface area (Å²) in [6, 6.07) is -0.458. The molecule has 0 amide bonds. The molecule has 0 spiro atoms. The molecule has 1 unspecified atom stereocenters. The molecule has 5 heteroatoms. The first-order valence-corrected chi connectivity index (χ1v) is 5.89. The number of hydrogen-bond donors (Lipinski definition) is 1. The summed E-state index contributed by atoms with van der Waals surface area (Å²) in [6.07, 6.45) is 4.33. The molecule has 0 saturated carbocycles. The van der Waals surface area contributed by atoms with Gasteiger partial charge >= 0.3 is 5.97 Å². The first-order chi connectivity index (χ1) is 8.09. The number of aliphatic carboxylic acids is 1. The highest BCUT2D eigenvalue weighted by molar-refractivity contribution is 5.77. The minimum Gasteiger partial charge on any atom is -0.480 e. The van der Waals surface area contributed by atoms with E-state index in [1.807, 2.05) is 18.7 Å². The fraction of sp³-hybridized carbons (Fsp3) is 0.583. The van der Waals surface area contributed by atoms with Gasteiger partial charge in [-0.2, -0.15) is 0 Å². The fourth-order valence-electron chi connectivity index (χ4n) is 2.13. The van der Waals surface area contributed by atoms with Gasteiger partial charge in [0.2, 0.25) is 0 Å². The summed E-state index contributed by atoms with van der Waals surface area (Å²) in [7, 11) is 0. The Labute approximate surface area is 100 Å². The van der Waals surface area contributed by atoms with Gasteiger partial charge < -0.3 is 10.0 Å². The first-order valence-electron chi connectivity index (χ1n) is 5.89. The lowest BCUT2D eigenvalue weighted by atomic mass is 10.0. The standard InChI is InChI=1S/C12H17N3O2/c1-8-9(2)14-11(7-13-8)15-6-4-3-5-10(15)12(16)17/h7,10H,3-6H2,1-2H3,(H,16,17). The number of carboxylic acid groups (broad SMARTS) is 1. The van der Waals surface area contributed by atoms with Crippen LogP contribution in [-0.4, -0.2) is 33.6 Å². The number of aryl methyl sites for hydroxylation is 2. The third-order valence-corrected chi connectivity index (χ3v) is 3.26. The second kappa shape index (κ2) is 4.69. The number of piperidine rings is 1. The van der Waals surface area contributed by atoms with Gasteiger partial charge in [-0.25, -0.2) is 9.78 Å². The Morgan fingerprint density at radius 3 is 2.82 bits per heavy atom. The lowest BCUT2D eigenvalue weighted by molar-refractivity contribution is -0.139. The number of carboxylic acids is 1. The van der Waals surface area contributed by atoms with E-state index in [0.29, 0.717) is 12.2 Å². The van der Waals surface area contributed by atoms with E-state index in [2.05, 4.69) is 9.97 Å². The van der Waals surface area contributed by atoms with Crippen LogP contribution in [0, 0.1) is 13.8 Å². The predicted molar refractivity (Wildman–Crippen MR) is 64.1 cm³/mol. The van der Waals surface area contributed by atoms with Crippen LogP contribution in [0.1, 0.15) is 30.7 Å². The molecule has 1 saturated heterocycles. The molecular formula is C12H17N3O2. The summed E-state index contributed by atoms with van der Waals surface area (Å²) >= 11 is 0. The third kappa shape index (κ3) is 2.38. The molecule has 5 nitrogen and oxygen atoms in total. The van der Waals surface area contributed by atoms with Gasteiger partial charge in [0.15, 0.2) is 0 Å². The van der Waals surface area contributed by atoms with E-state index >= 15 is 0 Å². The summed E-state index contributed by atoms with van der Waals surface area (Å²) in [4.78, 5) is 21.7. The van der Waals surface area contributed by atoms with E-state index in [-0.39, 0.29) is 0 Å². The molecule has 0 aromatic carbocycles. The van der Waals surface area contributed by atoms with Gasteiger partial charge in [-0.1, -0.05) is 0 Å². The zero-order chi connectivity index (χ0) is 12.4. The number of rotatable bonds is 2. The number of aromatic nitrogens is 2. The Hall–Kier alpha value is -1.65. The zero-order valence-electron chi connectivity index (χ0n) is 10.2. The molecule has 1 aliphatic rings. The Balaban J connectivity index is 2.29. The molecule has 1 aromatic rings. The normalized spacial score (nSPS) is 20.4. The largest absolute Gasteiger partial charge is 0.480 e. The number of anilines is 1. The Morgan fingerprint density at radius 1 is 1.41 bits per heavy atom. The molecule has 92 valence electrons. The molecule has 1 aromatic heterocycles. The van der Waals surface area contributed by atoms with Crippen molar-refractivity contribution in [3.05, 3.63) is 17.6 Å². The molecule has 1 fully saturated rings. The molecule has 0 bridgehead atoms. The highest BCUT2D eigenvalue weighted by Gasteiger charge is 2.29. The van der Waals surface area contributed by atoms with Gasteiger partial charge in [-0.3, -0.25) is 4.98 Å². The number of hydrogen-bond acceptors (Lipinski definition) is 4. The van der Waals surface area contributed by atoms with Crippen molar-refractivity contribution in [3.63, 3.8) is 0 Å². The maximum absolute atomic E-state index is 11.2. The van der Waals surface area contributed by atoms with Crippen LogP contribution >= 0.6 is 0 Å². The molecule has 1 atom stereocenters. The number of nitrogens with zero attached hydrogens (tertiary/aromatic N) is 3. The van der Waals surface area contributed by atoms with Crippen molar-refractivity contribution in [2.45, 2.75) is 39.2 Å². The van der Waals surface area contributed by atoms with E-state index in [9.17, 15) is 9.90 Å². The van der Waals surface area contributed by atoms with Crippen molar-refractivity contribution in [2.24, 2.45) is 0 Å². The van der Waals surface area contributed by atoms with Crippen molar-refractivity contribution in [1.82, 2.24) is 9.97 Å².